The molecule has 0 saturated heterocycles. The molecule has 1 rings (SSSR count). The van der Waals surface area contributed by atoms with Crippen molar-refractivity contribution in [2.75, 3.05) is 12.8 Å². The summed E-state index contributed by atoms with van der Waals surface area (Å²) in [5.74, 6) is 0. The molecule has 92 valence electrons. The molecule has 0 aliphatic carbocycles. The summed E-state index contributed by atoms with van der Waals surface area (Å²) in [4.78, 5) is 0. The van der Waals surface area contributed by atoms with Gasteiger partial charge in [0.05, 0.1) is 23.8 Å². The summed E-state index contributed by atoms with van der Waals surface area (Å²) in [5.41, 5.74) is 0.881. The lowest BCUT2D eigenvalue weighted by atomic mass is 10.1. The third-order valence-electron chi connectivity index (χ3n) is 2.66. The molecule has 2 unspecified atom stereocenters. The van der Waals surface area contributed by atoms with Crippen molar-refractivity contribution >= 4 is 9.84 Å². The molecule has 1 N–H and O–H groups in total. The van der Waals surface area contributed by atoms with Gasteiger partial charge in [0.1, 0.15) is 0 Å². The van der Waals surface area contributed by atoms with E-state index < -0.39 is 15.1 Å². The van der Waals surface area contributed by atoms with E-state index in [9.17, 15) is 8.42 Å². The van der Waals surface area contributed by atoms with Crippen LogP contribution in [0.1, 0.15) is 31.9 Å². The van der Waals surface area contributed by atoms with Gasteiger partial charge >= 0.3 is 0 Å². The Morgan fingerprint density at radius 3 is 2.62 bits per heavy atom. The van der Waals surface area contributed by atoms with Gasteiger partial charge in [0, 0.05) is 11.8 Å². The van der Waals surface area contributed by atoms with Gasteiger partial charge in [-0.3, -0.25) is 0 Å². The fraction of sp³-hybridized carbons (Fsp3) is 0.636. The van der Waals surface area contributed by atoms with Crippen LogP contribution in [0.3, 0.4) is 0 Å². The second-order valence-corrected chi connectivity index (χ2v) is 6.43. The lowest BCUT2D eigenvalue weighted by molar-refractivity contribution is 0.491. The molecule has 0 aromatic carbocycles. The second kappa shape index (κ2) is 5.50. The Kier molecular flexibility index (Phi) is 4.56. The van der Waals surface area contributed by atoms with Crippen molar-refractivity contribution < 1.29 is 12.8 Å². The zero-order valence-corrected chi connectivity index (χ0v) is 10.8. The van der Waals surface area contributed by atoms with Gasteiger partial charge in [0.25, 0.3) is 0 Å². The van der Waals surface area contributed by atoms with E-state index in [1.807, 2.05) is 6.92 Å². The number of furan rings is 1. The minimum atomic E-state index is -3.06. The Bertz CT molecular complexity index is 397. The minimum Gasteiger partial charge on any atom is -0.472 e. The number of hydrogen-bond acceptors (Lipinski definition) is 4. The third kappa shape index (κ3) is 3.35. The highest BCUT2D eigenvalue weighted by atomic mass is 32.2. The molecule has 0 aliphatic rings. The fourth-order valence-corrected chi connectivity index (χ4v) is 2.30. The quantitative estimate of drug-likeness (QED) is 0.829. The first-order valence-corrected chi connectivity index (χ1v) is 7.36. The monoisotopic (exact) mass is 245 g/mol. The SMILES string of the molecule is CCCNC(c1ccoc1)C(C)S(C)(=O)=O. The van der Waals surface area contributed by atoms with Crippen LogP contribution in [-0.2, 0) is 9.84 Å². The second-order valence-electron chi connectivity index (χ2n) is 4.02. The lowest BCUT2D eigenvalue weighted by Crippen LogP contribution is -2.35. The van der Waals surface area contributed by atoms with E-state index in [2.05, 4.69) is 5.32 Å². The maximum Gasteiger partial charge on any atom is 0.151 e. The number of rotatable bonds is 6. The molecule has 0 aliphatic heterocycles. The molecule has 1 aromatic rings. The van der Waals surface area contributed by atoms with Crippen molar-refractivity contribution in [3.63, 3.8) is 0 Å². The summed E-state index contributed by atoms with van der Waals surface area (Å²) in [6.45, 7) is 4.55. The summed E-state index contributed by atoms with van der Waals surface area (Å²) in [6.07, 6.45) is 5.38. The van der Waals surface area contributed by atoms with E-state index in [-0.39, 0.29) is 6.04 Å². The van der Waals surface area contributed by atoms with E-state index in [1.54, 1.807) is 25.5 Å². The predicted molar refractivity (Wildman–Crippen MR) is 64.0 cm³/mol. The Labute approximate surface area is 97.0 Å². The number of nitrogens with one attached hydrogen (secondary N) is 1. The van der Waals surface area contributed by atoms with Crippen LogP contribution >= 0.6 is 0 Å². The van der Waals surface area contributed by atoms with Gasteiger partial charge < -0.3 is 9.73 Å². The molecule has 0 spiro atoms. The first-order valence-electron chi connectivity index (χ1n) is 5.41. The van der Waals surface area contributed by atoms with Gasteiger partial charge in [-0.25, -0.2) is 8.42 Å². The molecule has 0 amide bonds. The van der Waals surface area contributed by atoms with Gasteiger partial charge in [0.2, 0.25) is 0 Å². The molecule has 5 heteroatoms. The van der Waals surface area contributed by atoms with Gasteiger partial charge in [-0.15, -0.1) is 0 Å². The zero-order valence-electron chi connectivity index (χ0n) is 9.93. The standard InChI is InChI=1S/C11H19NO3S/c1-4-6-12-11(9(2)16(3,13)14)10-5-7-15-8-10/h5,7-9,11-12H,4,6H2,1-3H3. The largest absolute Gasteiger partial charge is 0.472 e. The molecule has 0 saturated carbocycles. The lowest BCUT2D eigenvalue weighted by Gasteiger charge is -2.22. The molecular formula is C11H19NO3S. The molecule has 1 aromatic heterocycles. The molecule has 4 nitrogen and oxygen atoms in total. The smallest absolute Gasteiger partial charge is 0.151 e. The third-order valence-corrected chi connectivity index (χ3v) is 4.28. The maximum absolute atomic E-state index is 11.6. The van der Waals surface area contributed by atoms with E-state index in [4.69, 9.17) is 4.42 Å². The number of hydrogen-bond donors (Lipinski definition) is 1. The molecule has 16 heavy (non-hydrogen) atoms. The molecular weight excluding hydrogens is 226 g/mol. The van der Waals surface area contributed by atoms with Crippen molar-refractivity contribution in [1.82, 2.24) is 5.32 Å². The summed E-state index contributed by atoms with van der Waals surface area (Å²) in [7, 11) is -3.06. The van der Waals surface area contributed by atoms with Crippen LogP contribution in [0.15, 0.2) is 23.0 Å². The van der Waals surface area contributed by atoms with Crippen LogP contribution in [0.2, 0.25) is 0 Å². The van der Waals surface area contributed by atoms with Crippen LogP contribution in [0.25, 0.3) is 0 Å². The van der Waals surface area contributed by atoms with Crippen molar-refractivity contribution in [2.24, 2.45) is 0 Å². The van der Waals surface area contributed by atoms with Crippen molar-refractivity contribution in [3.05, 3.63) is 24.2 Å². The zero-order chi connectivity index (χ0) is 12.2. The van der Waals surface area contributed by atoms with Gasteiger partial charge in [-0.1, -0.05) is 6.92 Å². The highest BCUT2D eigenvalue weighted by Crippen LogP contribution is 2.22. The van der Waals surface area contributed by atoms with Gasteiger partial charge in [-0.05, 0) is 26.0 Å². The average molecular weight is 245 g/mol. The van der Waals surface area contributed by atoms with Gasteiger partial charge in [-0.2, -0.15) is 0 Å². The van der Waals surface area contributed by atoms with Crippen molar-refractivity contribution in [3.8, 4) is 0 Å². The summed E-state index contributed by atoms with van der Waals surface area (Å²) >= 11 is 0. The topological polar surface area (TPSA) is 59.3 Å². The summed E-state index contributed by atoms with van der Waals surface area (Å²) < 4.78 is 28.1. The molecule has 1 heterocycles. The fourth-order valence-electron chi connectivity index (χ4n) is 1.55. The van der Waals surface area contributed by atoms with Crippen LogP contribution in [0.5, 0.6) is 0 Å². The first kappa shape index (κ1) is 13.3. The molecule has 2 atom stereocenters. The Balaban J connectivity index is 2.88. The van der Waals surface area contributed by atoms with E-state index >= 15 is 0 Å². The Morgan fingerprint density at radius 1 is 1.50 bits per heavy atom. The summed E-state index contributed by atoms with van der Waals surface area (Å²) in [5, 5.41) is 2.78. The van der Waals surface area contributed by atoms with E-state index in [0.717, 1.165) is 18.5 Å². The molecule has 0 fully saturated rings. The van der Waals surface area contributed by atoms with Crippen LogP contribution < -0.4 is 5.32 Å². The van der Waals surface area contributed by atoms with Gasteiger partial charge in [0.15, 0.2) is 9.84 Å². The van der Waals surface area contributed by atoms with E-state index in [0.29, 0.717) is 0 Å². The van der Waals surface area contributed by atoms with Crippen LogP contribution in [0, 0.1) is 0 Å². The minimum absolute atomic E-state index is 0.200. The normalized spacial score (nSPS) is 15.9. The van der Waals surface area contributed by atoms with Crippen LogP contribution in [0.4, 0.5) is 0 Å². The Morgan fingerprint density at radius 2 is 2.19 bits per heavy atom. The predicted octanol–water partition coefficient (Wildman–Crippen LogP) is 1.75. The van der Waals surface area contributed by atoms with Crippen molar-refractivity contribution in [1.29, 1.82) is 0 Å². The average Bonchev–Trinajstić information content (AvgIpc) is 2.70. The maximum atomic E-state index is 11.6. The molecule has 0 radical (unpaired) electrons. The highest BCUT2D eigenvalue weighted by molar-refractivity contribution is 7.91. The van der Waals surface area contributed by atoms with Crippen LogP contribution in [-0.4, -0.2) is 26.5 Å². The van der Waals surface area contributed by atoms with E-state index in [1.165, 1.54) is 6.26 Å². The van der Waals surface area contributed by atoms with Crippen molar-refractivity contribution in [2.45, 2.75) is 31.6 Å². The first-order chi connectivity index (χ1) is 7.46. The number of sulfone groups is 1. The highest BCUT2D eigenvalue weighted by Gasteiger charge is 2.27. The Hall–Kier alpha value is -0.810. The molecule has 0 bridgehead atoms. The summed E-state index contributed by atoms with van der Waals surface area (Å²) in [6, 6.07) is 1.60.